The second kappa shape index (κ2) is 7.75. The fraction of sp³-hybridized carbons (Fsp3) is 0.533. The fourth-order valence-corrected chi connectivity index (χ4v) is 3.48. The van der Waals surface area contributed by atoms with Gasteiger partial charge < -0.3 is 5.73 Å². The van der Waals surface area contributed by atoms with Gasteiger partial charge in [0.1, 0.15) is 0 Å². The van der Waals surface area contributed by atoms with Crippen LogP contribution in [0.2, 0.25) is 10.0 Å². The molecule has 1 fully saturated rings. The molecular weight excluding hydrogens is 325 g/mol. The quantitative estimate of drug-likeness (QED) is 0.830. The Balaban J connectivity index is 1.92. The van der Waals surface area contributed by atoms with Gasteiger partial charge in [-0.3, -0.25) is 9.80 Å². The molecule has 0 saturated carbocycles. The van der Waals surface area contributed by atoms with E-state index in [1.165, 1.54) is 0 Å². The van der Waals surface area contributed by atoms with E-state index in [9.17, 15) is 0 Å². The summed E-state index contributed by atoms with van der Waals surface area (Å²) in [5.41, 5.74) is 6.90. The Morgan fingerprint density at radius 3 is 2.52 bits per heavy atom. The highest BCUT2D eigenvalue weighted by atomic mass is 35.5. The highest BCUT2D eigenvalue weighted by Gasteiger charge is 2.24. The third-order valence-electron chi connectivity index (χ3n) is 3.99. The van der Waals surface area contributed by atoms with Crippen LogP contribution in [0.4, 0.5) is 0 Å². The minimum atomic E-state index is 0.219. The lowest BCUT2D eigenvalue weighted by molar-refractivity contribution is 0.112. The smallest absolute Gasteiger partial charge is 0.0901 e. The lowest BCUT2D eigenvalue weighted by Crippen LogP contribution is -2.53. The molecular formula is C15H21Cl2N3S. The molecule has 1 unspecified atom stereocenters. The molecule has 1 heterocycles. The van der Waals surface area contributed by atoms with Crippen molar-refractivity contribution >= 4 is 40.4 Å². The maximum atomic E-state index is 6.25. The normalized spacial score (nSPS) is 18.6. The number of nitrogens with zero attached hydrogens (tertiary/aromatic N) is 2. The van der Waals surface area contributed by atoms with Gasteiger partial charge in [0.15, 0.2) is 0 Å². The third kappa shape index (κ3) is 4.30. The molecule has 116 valence electrons. The van der Waals surface area contributed by atoms with E-state index >= 15 is 0 Å². The first-order valence-corrected chi connectivity index (χ1v) is 8.38. The third-order valence-corrected chi connectivity index (χ3v) is 5.12. The van der Waals surface area contributed by atoms with Crippen molar-refractivity contribution in [1.82, 2.24) is 9.80 Å². The van der Waals surface area contributed by atoms with Crippen molar-refractivity contribution in [2.75, 3.05) is 26.2 Å². The molecule has 1 aromatic carbocycles. The molecule has 1 aromatic rings. The van der Waals surface area contributed by atoms with Crippen molar-refractivity contribution in [3.05, 3.63) is 33.8 Å². The fourth-order valence-electron chi connectivity index (χ4n) is 2.78. The molecule has 0 aliphatic carbocycles. The van der Waals surface area contributed by atoms with E-state index < -0.39 is 0 Å². The van der Waals surface area contributed by atoms with Crippen LogP contribution in [0.5, 0.6) is 0 Å². The van der Waals surface area contributed by atoms with Gasteiger partial charge in [-0.15, -0.1) is 0 Å². The summed E-state index contributed by atoms with van der Waals surface area (Å²) >= 11 is 17.5. The van der Waals surface area contributed by atoms with Gasteiger partial charge in [-0.05, 0) is 18.1 Å². The van der Waals surface area contributed by atoms with Crippen LogP contribution in [0.1, 0.15) is 18.9 Å². The molecule has 0 amide bonds. The van der Waals surface area contributed by atoms with Crippen LogP contribution in [-0.2, 0) is 6.54 Å². The van der Waals surface area contributed by atoms with Crippen molar-refractivity contribution < 1.29 is 0 Å². The standard InChI is InChI=1S/C15H21Cl2N3S/c1-2-13(15(18)21)20-8-6-19(7-9-20)10-11-4-3-5-12(16)14(11)17/h3-5,13H,2,6-10H2,1H3,(H2,18,21). The highest BCUT2D eigenvalue weighted by Crippen LogP contribution is 2.26. The molecule has 0 spiro atoms. The predicted octanol–water partition coefficient (Wildman–Crippen LogP) is 3.18. The first-order chi connectivity index (χ1) is 10.0. The Morgan fingerprint density at radius 1 is 1.29 bits per heavy atom. The number of halogens is 2. The van der Waals surface area contributed by atoms with E-state index in [1.807, 2.05) is 18.2 Å². The van der Waals surface area contributed by atoms with Crippen LogP contribution in [0.3, 0.4) is 0 Å². The monoisotopic (exact) mass is 345 g/mol. The maximum absolute atomic E-state index is 6.25. The molecule has 2 rings (SSSR count). The molecule has 2 N–H and O–H groups in total. The molecule has 0 bridgehead atoms. The molecule has 1 aliphatic heterocycles. The molecule has 21 heavy (non-hydrogen) atoms. The second-order valence-corrected chi connectivity index (χ2v) is 6.61. The first-order valence-electron chi connectivity index (χ1n) is 7.21. The van der Waals surface area contributed by atoms with E-state index in [4.69, 9.17) is 41.2 Å². The Kier molecular flexibility index (Phi) is 6.26. The topological polar surface area (TPSA) is 32.5 Å². The summed E-state index contributed by atoms with van der Waals surface area (Å²) in [7, 11) is 0. The molecule has 0 radical (unpaired) electrons. The number of hydrogen-bond donors (Lipinski definition) is 1. The van der Waals surface area contributed by atoms with Gasteiger partial charge in [-0.2, -0.15) is 0 Å². The summed E-state index contributed by atoms with van der Waals surface area (Å²) in [6.07, 6.45) is 0.968. The van der Waals surface area contributed by atoms with Crippen molar-refractivity contribution in [2.45, 2.75) is 25.9 Å². The van der Waals surface area contributed by atoms with E-state index in [1.54, 1.807) is 0 Å². The number of benzene rings is 1. The van der Waals surface area contributed by atoms with Crippen LogP contribution in [0.15, 0.2) is 18.2 Å². The number of nitrogens with two attached hydrogens (primary N) is 1. The van der Waals surface area contributed by atoms with Crippen molar-refractivity contribution in [3.63, 3.8) is 0 Å². The van der Waals surface area contributed by atoms with Crippen LogP contribution < -0.4 is 5.73 Å². The Bertz CT molecular complexity index is 502. The van der Waals surface area contributed by atoms with Crippen molar-refractivity contribution in [1.29, 1.82) is 0 Å². The minimum Gasteiger partial charge on any atom is -0.392 e. The van der Waals surface area contributed by atoms with Gasteiger partial charge in [-0.1, -0.05) is 54.5 Å². The molecule has 1 aliphatic rings. The number of hydrogen-bond acceptors (Lipinski definition) is 3. The van der Waals surface area contributed by atoms with Gasteiger partial charge in [0.05, 0.1) is 21.1 Å². The number of rotatable bonds is 5. The maximum Gasteiger partial charge on any atom is 0.0901 e. The van der Waals surface area contributed by atoms with E-state index in [0.717, 1.165) is 44.7 Å². The zero-order valence-corrected chi connectivity index (χ0v) is 14.5. The Hall–Kier alpha value is -0.390. The zero-order valence-electron chi connectivity index (χ0n) is 12.2. The molecule has 6 heteroatoms. The SMILES string of the molecule is CCC(C(N)=S)N1CCN(Cc2cccc(Cl)c2Cl)CC1. The predicted molar refractivity (Wildman–Crippen MR) is 94.2 cm³/mol. The van der Waals surface area contributed by atoms with Gasteiger partial charge in [0.25, 0.3) is 0 Å². The van der Waals surface area contributed by atoms with E-state index in [-0.39, 0.29) is 6.04 Å². The van der Waals surface area contributed by atoms with Crippen LogP contribution in [-0.4, -0.2) is 47.0 Å². The lowest BCUT2D eigenvalue weighted by atomic mass is 10.1. The van der Waals surface area contributed by atoms with Crippen LogP contribution in [0.25, 0.3) is 0 Å². The van der Waals surface area contributed by atoms with E-state index in [0.29, 0.717) is 15.0 Å². The molecule has 3 nitrogen and oxygen atoms in total. The Morgan fingerprint density at radius 2 is 1.95 bits per heavy atom. The molecule has 1 atom stereocenters. The van der Waals surface area contributed by atoms with Gasteiger partial charge >= 0.3 is 0 Å². The van der Waals surface area contributed by atoms with Gasteiger partial charge in [-0.25, -0.2) is 0 Å². The van der Waals surface area contributed by atoms with Crippen molar-refractivity contribution in [3.8, 4) is 0 Å². The molecule has 0 aromatic heterocycles. The largest absolute Gasteiger partial charge is 0.392 e. The summed E-state index contributed by atoms with van der Waals surface area (Å²) in [5.74, 6) is 0. The Labute approximate surface area is 142 Å². The first kappa shape index (κ1) is 17.0. The average molecular weight is 346 g/mol. The summed E-state index contributed by atoms with van der Waals surface area (Å²) in [4.78, 5) is 5.36. The zero-order chi connectivity index (χ0) is 15.4. The second-order valence-electron chi connectivity index (χ2n) is 5.35. The average Bonchev–Trinajstić information content (AvgIpc) is 2.46. The van der Waals surface area contributed by atoms with Crippen LogP contribution in [0, 0.1) is 0 Å². The number of piperazine rings is 1. The molecule has 1 saturated heterocycles. The summed E-state index contributed by atoms with van der Waals surface area (Å²) < 4.78 is 0. The summed E-state index contributed by atoms with van der Waals surface area (Å²) in [6.45, 7) is 6.89. The van der Waals surface area contributed by atoms with Gasteiger partial charge in [0, 0.05) is 32.7 Å². The van der Waals surface area contributed by atoms with Crippen LogP contribution >= 0.6 is 35.4 Å². The highest BCUT2D eigenvalue weighted by molar-refractivity contribution is 7.80. The minimum absolute atomic E-state index is 0.219. The van der Waals surface area contributed by atoms with Gasteiger partial charge in [0.2, 0.25) is 0 Å². The summed E-state index contributed by atoms with van der Waals surface area (Å²) in [5, 5.41) is 1.28. The van der Waals surface area contributed by atoms with Crippen molar-refractivity contribution in [2.24, 2.45) is 5.73 Å². The number of thiocarbonyl (C=S) groups is 1. The summed E-state index contributed by atoms with van der Waals surface area (Å²) in [6, 6.07) is 6.01. The lowest BCUT2D eigenvalue weighted by Gasteiger charge is -2.38. The van der Waals surface area contributed by atoms with E-state index in [2.05, 4.69) is 16.7 Å².